The van der Waals surface area contributed by atoms with E-state index in [2.05, 4.69) is 4.72 Å². The molecule has 1 rings (SSSR count). The maximum Gasteiger partial charge on any atom is 0.229 e. The van der Waals surface area contributed by atoms with E-state index >= 15 is 0 Å². The predicted octanol–water partition coefficient (Wildman–Crippen LogP) is 0.789. The molecule has 102 valence electrons. The van der Waals surface area contributed by atoms with Crippen LogP contribution in [0.1, 0.15) is 0 Å². The van der Waals surface area contributed by atoms with Gasteiger partial charge in [0.15, 0.2) is 5.75 Å². The molecule has 0 aromatic heterocycles. The number of benzene rings is 1. The highest BCUT2D eigenvalue weighted by Crippen LogP contribution is 2.35. The Morgan fingerprint density at radius 3 is 2.00 bits per heavy atom. The van der Waals surface area contributed by atoms with Gasteiger partial charge in [0.05, 0.1) is 28.9 Å². The molecule has 0 aliphatic carbocycles. The van der Waals surface area contributed by atoms with Gasteiger partial charge in [-0.3, -0.25) is 9.44 Å². The van der Waals surface area contributed by atoms with Crippen molar-refractivity contribution in [1.29, 1.82) is 0 Å². The van der Waals surface area contributed by atoms with Crippen LogP contribution in [0, 0.1) is 0 Å². The molecular weight excluding hydrogens is 304 g/mol. The van der Waals surface area contributed by atoms with Gasteiger partial charge in [-0.1, -0.05) is 11.6 Å². The minimum Gasteiger partial charge on any atom is -0.504 e. The third kappa shape index (κ3) is 4.59. The van der Waals surface area contributed by atoms with E-state index in [0.29, 0.717) is 0 Å². The van der Waals surface area contributed by atoms with Crippen LogP contribution in [-0.2, 0) is 20.0 Å². The molecule has 0 unspecified atom stereocenters. The molecule has 0 radical (unpaired) electrons. The number of aromatic hydroxyl groups is 1. The Bertz CT molecular complexity index is 669. The number of phenols is 1. The van der Waals surface area contributed by atoms with E-state index in [-0.39, 0.29) is 16.4 Å². The number of rotatable bonds is 4. The van der Waals surface area contributed by atoms with Crippen molar-refractivity contribution in [2.45, 2.75) is 0 Å². The van der Waals surface area contributed by atoms with E-state index in [1.165, 1.54) is 0 Å². The van der Waals surface area contributed by atoms with Crippen LogP contribution in [0.5, 0.6) is 5.75 Å². The van der Waals surface area contributed by atoms with E-state index < -0.39 is 25.8 Å². The second-order valence-corrected chi connectivity index (χ2v) is 7.51. The Morgan fingerprint density at radius 1 is 1.06 bits per heavy atom. The van der Waals surface area contributed by atoms with Crippen LogP contribution >= 0.6 is 11.6 Å². The summed E-state index contributed by atoms with van der Waals surface area (Å²) in [4.78, 5) is 0. The number of phenolic OH excluding ortho intramolecular Hbond substituents is 1. The van der Waals surface area contributed by atoms with Crippen LogP contribution < -0.4 is 9.44 Å². The summed E-state index contributed by atoms with van der Waals surface area (Å²) in [6.45, 7) is 0. The first-order chi connectivity index (χ1) is 7.98. The number of nitrogens with one attached hydrogen (secondary N) is 2. The molecule has 7 nitrogen and oxygen atoms in total. The van der Waals surface area contributed by atoms with Gasteiger partial charge in [0.1, 0.15) is 0 Å². The summed E-state index contributed by atoms with van der Waals surface area (Å²) in [6, 6.07) is 2.27. The van der Waals surface area contributed by atoms with Gasteiger partial charge in [-0.2, -0.15) is 0 Å². The molecule has 0 heterocycles. The molecule has 0 amide bonds. The molecule has 18 heavy (non-hydrogen) atoms. The molecule has 0 saturated heterocycles. The fraction of sp³-hybridized carbons (Fsp3) is 0.250. The molecular formula is C8H11ClN2O5S2. The van der Waals surface area contributed by atoms with E-state index in [4.69, 9.17) is 11.6 Å². The lowest BCUT2D eigenvalue weighted by Crippen LogP contribution is -2.12. The number of hydrogen-bond acceptors (Lipinski definition) is 5. The lowest BCUT2D eigenvalue weighted by atomic mass is 10.2. The van der Waals surface area contributed by atoms with Gasteiger partial charge in [-0.25, -0.2) is 16.8 Å². The van der Waals surface area contributed by atoms with Crippen LogP contribution in [-0.4, -0.2) is 34.5 Å². The smallest absolute Gasteiger partial charge is 0.229 e. The Balaban J connectivity index is 3.27. The molecule has 10 heteroatoms. The largest absolute Gasteiger partial charge is 0.504 e. The van der Waals surface area contributed by atoms with Crippen molar-refractivity contribution < 1.29 is 21.9 Å². The lowest BCUT2D eigenvalue weighted by Gasteiger charge is -2.11. The van der Waals surface area contributed by atoms with Crippen molar-refractivity contribution >= 4 is 43.0 Å². The number of sulfonamides is 2. The molecule has 1 aromatic rings. The van der Waals surface area contributed by atoms with Crippen LogP contribution in [0.15, 0.2) is 12.1 Å². The highest BCUT2D eigenvalue weighted by atomic mass is 35.5. The van der Waals surface area contributed by atoms with Crippen LogP contribution in [0.3, 0.4) is 0 Å². The zero-order valence-electron chi connectivity index (χ0n) is 9.43. The number of halogens is 1. The molecule has 0 aliphatic rings. The van der Waals surface area contributed by atoms with Crippen LogP contribution in [0.2, 0.25) is 5.02 Å². The summed E-state index contributed by atoms with van der Waals surface area (Å²) in [7, 11) is -7.16. The fourth-order valence-corrected chi connectivity index (χ4v) is 2.47. The molecule has 0 atom stereocenters. The summed E-state index contributed by atoms with van der Waals surface area (Å²) < 4.78 is 48.3. The number of anilines is 2. The Kier molecular flexibility index (Phi) is 3.99. The van der Waals surface area contributed by atoms with Crippen molar-refractivity contribution in [3.05, 3.63) is 17.2 Å². The lowest BCUT2D eigenvalue weighted by molar-refractivity contribution is 0.478. The van der Waals surface area contributed by atoms with Crippen LogP contribution in [0.4, 0.5) is 11.4 Å². The maximum atomic E-state index is 11.1. The molecule has 0 fully saturated rings. The Morgan fingerprint density at radius 2 is 1.56 bits per heavy atom. The minimum atomic E-state index is -3.62. The van der Waals surface area contributed by atoms with Gasteiger partial charge in [0, 0.05) is 0 Å². The normalized spacial score (nSPS) is 12.2. The van der Waals surface area contributed by atoms with E-state index in [0.717, 1.165) is 24.6 Å². The predicted molar refractivity (Wildman–Crippen MR) is 70.0 cm³/mol. The first-order valence-electron chi connectivity index (χ1n) is 4.46. The first-order valence-corrected chi connectivity index (χ1v) is 8.62. The van der Waals surface area contributed by atoms with E-state index in [1.807, 2.05) is 4.72 Å². The first kappa shape index (κ1) is 14.9. The van der Waals surface area contributed by atoms with Crippen LogP contribution in [0.25, 0.3) is 0 Å². The summed E-state index contributed by atoms with van der Waals surface area (Å²) >= 11 is 5.66. The van der Waals surface area contributed by atoms with Crippen molar-refractivity contribution in [2.24, 2.45) is 0 Å². The summed E-state index contributed by atoms with van der Waals surface area (Å²) in [6.07, 6.45) is 1.81. The summed E-state index contributed by atoms with van der Waals surface area (Å²) in [5.41, 5.74) is -0.178. The van der Waals surface area contributed by atoms with E-state index in [9.17, 15) is 21.9 Å². The zero-order chi connectivity index (χ0) is 14.1. The molecule has 0 bridgehead atoms. The van der Waals surface area contributed by atoms with Gasteiger partial charge < -0.3 is 5.11 Å². The second kappa shape index (κ2) is 4.82. The van der Waals surface area contributed by atoms with Crippen molar-refractivity contribution in [3.63, 3.8) is 0 Å². The van der Waals surface area contributed by atoms with Gasteiger partial charge in [-0.15, -0.1) is 0 Å². The van der Waals surface area contributed by atoms with Crippen molar-refractivity contribution in [1.82, 2.24) is 0 Å². The molecule has 0 aliphatic heterocycles. The third-order valence-electron chi connectivity index (χ3n) is 1.66. The average Bonchev–Trinajstić information content (AvgIpc) is 2.08. The minimum absolute atomic E-state index is 0.0338. The summed E-state index contributed by atoms with van der Waals surface area (Å²) in [5.74, 6) is -0.485. The van der Waals surface area contributed by atoms with Gasteiger partial charge in [0.2, 0.25) is 20.0 Å². The fourth-order valence-electron chi connectivity index (χ4n) is 1.15. The topological polar surface area (TPSA) is 113 Å². The highest BCUT2D eigenvalue weighted by molar-refractivity contribution is 7.92. The molecule has 0 spiro atoms. The Labute approximate surface area is 110 Å². The van der Waals surface area contributed by atoms with Gasteiger partial charge in [-0.05, 0) is 12.1 Å². The average molecular weight is 315 g/mol. The van der Waals surface area contributed by atoms with Crippen molar-refractivity contribution in [2.75, 3.05) is 22.0 Å². The summed E-state index contributed by atoms with van der Waals surface area (Å²) in [5, 5.41) is 9.36. The quantitative estimate of drug-likeness (QED) is 0.562. The van der Waals surface area contributed by atoms with Gasteiger partial charge in [0.25, 0.3) is 0 Å². The Hall–Kier alpha value is -1.19. The zero-order valence-corrected chi connectivity index (χ0v) is 11.8. The standard InChI is InChI=1S/C8H11ClN2O5S2/c1-17(13,14)10-5-3-6(9)8(12)7(4-5)11-18(2,15)16/h3-4,10-12H,1-2H3. The third-order valence-corrected chi connectivity index (χ3v) is 3.15. The number of hydrogen-bond donors (Lipinski definition) is 3. The van der Waals surface area contributed by atoms with Crippen molar-refractivity contribution in [3.8, 4) is 5.75 Å². The van der Waals surface area contributed by atoms with Gasteiger partial charge >= 0.3 is 0 Å². The second-order valence-electron chi connectivity index (χ2n) is 3.60. The molecule has 1 aromatic carbocycles. The monoisotopic (exact) mass is 314 g/mol. The molecule has 0 saturated carbocycles. The SMILES string of the molecule is CS(=O)(=O)Nc1cc(Cl)c(O)c(NS(C)(=O)=O)c1. The molecule has 3 N–H and O–H groups in total. The maximum absolute atomic E-state index is 11.1. The van der Waals surface area contributed by atoms with E-state index in [1.54, 1.807) is 0 Å². The highest BCUT2D eigenvalue weighted by Gasteiger charge is 2.13.